The highest BCUT2D eigenvalue weighted by molar-refractivity contribution is 5.84. The van der Waals surface area contributed by atoms with E-state index in [0.717, 1.165) is 5.52 Å². The van der Waals surface area contributed by atoms with Gasteiger partial charge < -0.3 is 5.73 Å². The van der Waals surface area contributed by atoms with Crippen molar-refractivity contribution in [1.29, 1.82) is 0 Å². The topological polar surface area (TPSA) is 80.5 Å². The summed E-state index contributed by atoms with van der Waals surface area (Å²) in [5, 5.41) is 9.97. The highest BCUT2D eigenvalue weighted by Crippen LogP contribution is 2.11. The summed E-state index contributed by atoms with van der Waals surface area (Å²) in [5.41, 5.74) is 7.50. The molecule has 0 amide bonds. The van der Waals surface area contributed by atoms with Gasteiger partial charge in [-0.2, -0.15) is 0 Å². The fourth-order valence-electron chi connectivity index (χ4n) is 0.792. The number of aromatic nitrogens is 4. The smallest absolute Gasteiger partial charge is 0.138 e. The molecule has 0 radical (unpaired) electrons. The number of pyridine rings is 1. The monoisotopic (exact) mass is 135 g/mol. The second kappa shape index (κ2) is 1.66. The van der Waals surface area contributed by atoms with Gasteiger partial charge in [-0.25, -0.2) is 0 Å². The van der Waals surface area contributed by atoms with Gasteiger partial charge in [0.2, 0.25) is 0 Å². The van der Waals surface area contributed by atoms with Crippen molar-refractivity contribution in [1.82, 2.24) is 20.4 Å². The van der Waals surface area contributed by atoms with Crippen LogP contribution in [0.3, 0.4) is 0 Å². The van der Waals surface area contributed by atoms with Crippen molar-refractivity contribution in [2.45, 2.75) is 0 Å². The quantitative estimate of drug-likeness (QED) is 0.530. The van der Waals surface area contributed by atoms with Crippen molar-refractivity contribution in [2.75, 3.05) is 5.73 Å². The molecule has 2 heterocycles. The number of anilines is 1. The maximum atomic E-state index is 5.52. The van der Waals surface area contributed by atoms with Gasteiger partial charge in [0.25, 0.3) is 0 Å². The zero-order valence-electron chi connectivity index (χ0n) is 5.07. The largest absolute Gasteiger partial charge is 0.396 e. The van der Waals surface area contributed by atoms with E-state index in [4.69, 9.17) is 5.73 Å². The second-order valence-corrected chi connectivity index (χ2v) is 1.94. The third kappa shape index (κ3) is 0.540. The molecule has 50 valence electrons. The molecule has 0 spiro atoms. The van der Waals surface area contributed by atoms with Crippen LogP contribution in [0.5, 0.6) is 0 Å². The molecule has 0 aliphatic heterocycles. The Balaban J connectivity index is 2.95. The SMILES string of the molecule is Nc1cncc2[nH]nnc12. The molecule has 2 aromatic rings. The number of hydrogen-bond acceptors (Lipinski definition) is 4. The zero-order chi connectivity index (χ0) is 6.97. The predicted octanol–water partition coefficient (Wildman–Crippen LogP) is -0.0649. The van der Waals surface area contributed by atoms with Crippen LogP contribution in [0.2, 0.25) is 0 Å². The summed E-state index contributed by atoms with van der Waals surface area (Å²) in [4.78, 5) is 3.85. The number of nitrogens with zero attached hydrogens (tertiary/aromatic N) is 3. The molecular formula is C5H5N5. The van der Waals surface area contributed by atoms with Crippen molar-refractivity contribution < 1.29 is 0 Å². The molecule has 3 N–H and O–H groups in total. The van der Waals surface area contributed by atoms with E-state index < -0.39 is 0 Å². The van der Waals surface area contributed by atoms with E-state index in [1.165, 1.54) is 0 Å². The van der Waals surface area contributed by atoms with Gasteiger partial charge >= 0.3 is 0 Å². The van der Waals surface area contributed by atoms with Gasteiger partial charge in [-0.15, -0.1) is 5.10 Å². The summed E-state index contributed by atoms with van der Waals surface area (Å²) in [6, 6.07) is 0. The van der Waals surface area contributed by atoms with E-state index in [1.807, 2.05) is 0 Å². The van der Waals surface area contributed by atoms with Crippen LogP contribution in [0.1, 0.15) is 0 Å². The Hall–Kier alpha value is -1.65. The number of nitrogens with one attached hydrogen (secondary N) is 1. The second-order valence-electron chi connectivity index (χ2n) is 1.94. The normalized spacial score (nSPS) is 10.4. The zero-order valence-corrected chi connectivity index (χ0v) is 5.07. The fraction of sp³-hybridized carbons (Fsp3) is 0. The highest BCUT2D eigenvalue weighted by atomic mass is 15.3. The molecule has 0 aromatic carbocycles. The lowest BCUT2D eigenvalue weighted by molar-refractivity contribution is 0.959. The van der Waals surface area contributed by atoms with Crippen molar-refractivity contribution in [3.05, 3.63) is 12.4 Å². The molecule has 5 nitrogen and oxygen atoms in total. The minimum Gasteiger partial charge on any atom is -0.396 e. The highest BCUT2D eigenvalue weighted by Gasteiger charge is 1.98. The van der Waals surface area contributed by atoms with Gasteiger partial charge in [-0.1, -0.05) is 5.21 Å². The van der Waals surface area contributed by atoms with E-state index in [0.29, 0.717) is 11.2 Å². The average molecular weight is 135 g/mol. The predicted molar refractivity (Wildman–Crippen MR) is 36.1 cm³/mol. The molecule has 2 aromatic heterocycles. The standard InChI is InChI=1S/C5H5N5/c6-3-1-7-2-4-5(3)9-10-8-4/h1-2H,6H2,(H,8,9,10). The Bertz CT molecular complexity index is 352. The average Bonchev–Trinajstić information content (AvgIpc) is 2.36. The van der Waals surface area contributed by atoms with Crippen LogP contribution in [0.15, 0.2) is 12.4 Å². The van der Waals surface area contributed by atoms with Crippen molar-refractivity contribution in [3.8, 4) is 0 Å². The Kier molecular flexibility index (Phi) is 0.858. The first-order valence-corrected chi connectivity index (χ1v) is 2.78. The third-order valence-corrected chi connectivity index (χ3v) is 1.27. The molecular weight excluding hydrogens is 130 g/mol. The number of nitrogen functional groups attached to an aromatic ring is 1. The van der Waals surface area contributed by atoms with Crippen LogP contribution >= 0.6 is 0 Å². The van der Waals surface area contributed by atoms with Crippen molar-refractivity contribution >= 4 is 16.7 Å². The molecule has 0 saturated heterocycles. The molecule has 0 atom stereocenters. The Labute approximate surface area is 56.3 Å². The van der Waals surface area contributed by atoms with Gasteiger partial charge in [0, 0.05) is 0 Å². The van der Waals surface area contributed by atoms with E-state index in [-0.39, 0.29) is 0 Å². The lowest BCUT2D eigenvalue weighted by Crippen LogP contribution is -1.87. The third-order valence-electron chi connectivity index (χ3n) is 1.27. The van der Waals surface area contributed by atoms with Crippen LogP contribution in [-0.2, 0) is 0 Å². The molecule has 2 rings (SSSR count). The summed E-state index contributed by atoms with van der Waals surface area (Å²) in [7, 11) is 0. The summed E-state index contributed by atoms with van der Waals surface area (Å²) in [6.45, 7) is 0. The Morgan fingerprint density at radius 3 is 3.10 bits per heavy atom. The number of aromatic amines is 1. The first kappa shape index (κ1) is 5.16. The molecule has 0 aliphatic rings. The minimum atomic E-state index is 0.547. The molecule has 5 heteroatoms. The van der Waals surface area contributed by atoms with Crippen LogP contribution in [0.4, 0.5) is 5.69 Å². The summed E-state index contributed by atoms with van der Waals surface area (Å²) in [6.07, 6.45) is 3.18. The van der Waals surface area contributed by atoms with E-state index in [9.17, 15) is 0 Å². The van der Waals surface area contributed by atoms with E-state index >= 15 is 0 Å². The van der Waals surface area contributed by atoms with Crippen molar-refractivity contribution in [3.63, 3.8) is 0 Å². The van der Waals surface area contributed by atoms with Gasteiger partial charge in [0.05, 0.1) is 18.1 Å². The maximum absolute atomic E-state index is 5.52. The van der Waals surface area contributed by atoms with Gasteiger partial charge in [0.1, 0.15) is 11.0 Å². The Morgan fingerprint density at radius 2 is 2.30 bits per heavy atom. The number of fused-ring (bicyclic) bond motifs is 1. The van der Waals surface area contributed by atoms with Gasteiger partial charge in [-0.05, 0) is 0 Å². The lowest BCUT2D eigenvalue weighted by atomic mass is 10.4. The van der Waals surface area contributed by atoms with Crippen LogP contribution in [-0.4, -0.2) is 20.4 Å². The van der Waals surface area contributed by atoms with Gasteiger partial charge in [-0.3, -0.25) is 10.1 Å². The minimum absolute atomic E-state index is 0.547. The first-order chi connectivity index (χ1) is 4.88. The molecule has 0 aliphatic carbocycles. The molecule has 0 saturated carbocycles. The molecule has 10 heavy (non-hydrogen) atoms. The number of H-pyrrole nitrogens is 1. The van der Waals surface area contributed by atoms with E-state index in [2.05, 4.69) is 20.4 Å². The molecule has 0 unspecified atom stereocenters. The van der Waals surface area contributed by atoms with E-state index in [1.54, 1.807) is 12.4 Å². The van der Waals surface area contributed by atoms with Crippen molar-refractivity contribution in [2.24, 2.45) is 0 Å². The fourth-order valence-corrected chi connectivity index (χ4v) is 0.792. The number of hydrogen-bond donors (Lipinski definition) is 2. The number of rotatable bonds is 0. The van der Waals surface area contributed by atoms with Crippen LogP contribution in [0.25, 0.3) is 11.0 Å². The number of nitrogens with two attached hydrogens (primary N) is 1. The Morgan fingerprint density at radius 1 is 1.40 bits per heavy atom. The van der Waals surface area contributed by atoms with Crippen LogP contribution in [0, 0.1) is 0 Å². The maximum Gasteiger partial charge on any atom is 0.138 e. The molecule has 0 fully saturated rings. The summed E-state index contributed by atoms with van der Waals surface area (Å²) >= 11 is 0. The molecule has 0 bridgehead atoms. The van der Waals surface area contributed by atoms with Crippen LogP contribution < -0.4 is 5.73 Å². The summed E-state index contributed by atoms with van der Waals surface area (Å²) in [5.74, 6) is 0. The lowest BCUT2D eigenvalue weighted by Gasteiger charge is -1.88. The van der Waals surface area contributed by atoms with Gasteiger partial charge in [0.15, 0.2) is 0 Å². The summed E-state index contributed by atoms with van der Waals surface area (Å²) < 4.78 is 0. The first-order valence-electron chi connectivity index (χ1n) is 2.78.